The molecule has 5 heteroatoms. The quantitative estimate of drug-likeness (QED) is 0.853. The number of anilines is 1. The van der Waals surface area contributed by atoms with Crippen LogP contribution in [0.25, 0.3) is 0 Å². The summed E-state index contributed by atoms with van der Waals surface area (Å²) in [4.78, 5) is 0.398. The third kappa shape index (κ3) is 2.56. The first-order chi connectivity index (χ1) is 9.25. The average Bonchev–Trinajstić information content (AvgIpc) is 2.36. The van der Waals surface area contributed by atoms with Gasteiger partial charge in [0.1, 0.15) is 0 Å². The molecule has 4 nitrogen and oxygen atoms in total. The molecule has 1 saturated heterocycles. The van der Waals surface area contributed by atoms with Crippen LogP contribution in [0.5, 0.6) is 0 Å². The summed E-state index contributed by atoms with van der Waals surface area (Å²) in [5, 5.41) is 0. The number of nitrogen functional groups attached to an aromatic ring is 1. The molecule has 0 atom stereocenters. The average molecular weight is 296 g/mol. The Labute approximate surface area is 122 Å². The molecule has 1 aromatic rings. The van der Waals surface area contributed by atoms with Crippen LogP contribution < -0.4 is 5.73 Å². The number of hydrogen-bond acceptors (Lipinski definition) is 3. The molecule has 2 rings (SSSR count). The second-order valence-corrected chi connectivity index (χ2v) is 7.84. The van der Waals surface area contributed by atoms with Crippen molar-refractivity contribution in [1.29, 1.82) is 0 Å². The maximum absolute atomic E-state index is 12.9. The topological polar surface area (TPSA) is 63.4 Å². The Morgan fingerprint density at radius 1 is 1.15 bits per heavy atom. The minimum Gasteiger partial charge on any atom is -0.398 e. The predicted molar refractivity (Wildman–Crippen MR) is 82.2 cm³/mol. The molecule has 1 fully saturated rings. The fourth-order valence-electron chi connectivity index (χ4n) is 2.93. The fraction of sp³-hybridized carbons (Fsp3) is 0.600. The van der Waals surface area contributed by atoms with Crippen LogP contribution in [0.15, 0.2) is 11.0 Å². The first kappa shape index (κ1) is 15.3. The molecule has 0 aliphatic carbocycles. The van der Waals surface area contributed by atoms with E-state index in [1.165, 1.54) is 0 Å². The second-order valence-electron chi connectivity index (χ2n) is 5.96. The highest BCUT2D eigenvalue weighted by molar-refractivity contribution is 7.89. The van der Waals surface area contributed by atoms with Crippen LogP contribution in [0.3, 0.4) is 0 Å². The molecular weight excluding hydrogens is 272 g/mol. The van der Waals surface area contributed by atoms with Gasteiger partial charge in [-0.1, -0.05) is 13.0 Å². The Morgan fingerprint density at radius 3 is 2.25 bits per heavy atom. The zero-order valence-corrected chi connectivity index (χ0v) is 13.5. The van der Waals surface area contributed by atoms with Crippen molar-refractivity contribution < 1.29 is 8.42 Å². The van der Waals surface area contributed by atoms with Crippen LogP contribution >= 0.6 is 0 Å². The molecular formula is C15H24N2O2S. The van der Waals surface area contributed by atoms with Gasteiger partial charge in [-0.15, -0.1) is 0 Å². The summed E-state index contributed by atoms with van der Waals surface area (Å²) in [6.07, 6.45) is 1.86. The Hall–Kier alpha value is -1.07. The summed E-state index contributed by atoms with van der Waals surface area (Å²) >= 11 is 0. The van der Waals surface area contributed by atoms with E-state index in [0.29, 0.717) is 35.2 Å². The molecule has 2 N–H and O–H groups in total. The zero-order chi connectivity index (χ0) is 15.1. The number of benzene rings is 1. The van der Waals surface area contributed by atoms with E-state index in [1.807, 2.05) is 19.9 Å². The third-order valence-corrected chi connectivity index (χ3v) is 6.49. The van der Waals surface area contributed by atoms with Crippen LogP contribution in [0, 0.1) is 26.7 Å². The number of sulfonamides is 1. The van der Waals surface area contributed by atoms with Crippen LogP contribution in [-0.4, -0.2) is 25.8 Å². The predicted octanol–water partition coefficient (Wildman–Crippen LogP) is 2.61. The first-order valence-corrected chi connectivity index (χ1v) is 8.55. The Balaban J connectivity index is 2.48. The molecule has 1 heterocycles. The van der Waals surface area contributed by atoms with Crippen molar-refractivity contribution in [2.24, 2.45) is 5.92 Å². The van der Waals surface area contributed by atoms with E-state index in [9.17, 15) is 8.42 Å². The standard InChI is InChI=1S/C15H24N2O2S/c1-10-5-7-17(8-6-10)20(18,19)15-12(3)9-11(2)14(16)13(15)4/h9-10H,5-8,16H2,1-4H3. The van der Waals surface area contributed by atoms with Crippen molar-refractivity contribution in [3.05, 3.63) is 22.8 Å². The highest BCUT2D eigenvalue weighted by Gasteiger charge is 2.31. The number of nitrogens with two attached hydrogens (primary N) is 1. The maximum atomic E-state index is 12.9. The monoisotopic (exact) mass is 296 g/mol. The van der Waals surface area contributed by atoms with Gasteiger partial charge in [-0.25, -0.2) is 8.42 Å². The number of aryl methyl sites for hydroxylation is 2. The molecule has 1 aliphatic rings. The Bertz CT molecular complexity index is 615. The van der Waals surface area contributed by atoms with E-state index in [2.05, 4.69) is 6.92 Å². The highest BCUT2D eigenvalue weighted by atomic mass is 32.2. The minimum absolute atomic E-state index is 0.398. The molecule has 0 saturated carbocycles. The first-order valence-electron chi connectivity index (χ1n) is 7.11. The highest BCUT2D eigenvalue weighted by Crippen LogP contribution is 2.32. The Morgan fingerprint density at radius 2 is 1.70 bits per heavy atom. The molecule has 1 aliphatic heterocycles. The lowest BCUT2D eigenvalue weighted by Crippen LogP contribution is -2.38. The number of hydrogen-bond donors (Lipinski definition) is 1. The molecule has 20 heavy (non-hydrogen) atoms. The van der Waals surface area contributed by atoms with Gasteiger partial charge >= 0.3 is 0 Å². The van der Waals surface area contributed by atoms with E-state index < -0.39 is 10.0 Å². The van der Waals surface area contributed by atoms with E-state index in [4.69, 9.17) is 5.73 Å². The lowest BCUT2D eigenvalue weighted by Gasteiger charge is -2.30. The summed E-state index contributed by atoms with van der Waals surface area (Å²) in [6, 6.07) is 1.86. The van der Waals surface area contributed by atoms with Crippen LogP contribution in [0.4, 0.5) is 5.69 Å². The lowest BCUT2D eigenvalue weighted by atomic mass is 10.0. The molecule has 0 unspecified atom stereocenters. The molecule has 1 aromatic carbocycles. The summed E-state index contributed by atoms with van der Waals surface area (Å²) in [6.45, 7) is 8.94. The van der Waals surface area contributed by atoms with Crippen molar-refractivity contribution in [2.75, 3.05) is 18.8 Å². The third-order valence-electron chi connectivity index (χ3n) is 4.30. The summed E-state index contributed by atoms with van der Waals surface area (Å²) in [7, 11) is -3.43. The number of nitrogens with zero attached hydrogens (tertiary/aromatic N) is 1. The molecule has 0 spiro atoms. The van der Waals surface area contributed by atoms with Crippen molar-refractivity contribution in [3.63, 3.8) is 0 Å². The van der Waals surface area contributed by atoms with E-state index >= 15 is 0 Å². The molecule has 0 aromatic heterocycles. The van der Waals surface area contributed by atoms with Gasteiger partial charge < -0.3 is 5.73 Å². The van der Waals surface area contributed by atoms with Gasteiger partial charge in [-0.2, -0.15) is 4.31 Å². The largest absolute Gasteiger partial charge is 0.398 e. The molecule has 0 radical (unpaired) electrons. The smallest absolute Gasteiger partial charge is 0.243 e. The molecule has 0 amide bonds. The van der Waals surface area contributed by atoms with E-state index in [0.717, 1.165) is 24.0 Å². The molecule has 112 valence electrons. The normalized spacial score (nSPS) is 18.4. The number of rotatable bonds is 2. The van der Waals surface area contributed by atoms with Gasteiger partial charge in [0.25, 0.3) is 0 Å². The van der Waals surface area contributed by atoms with E-state index in [-0.39, 0.29) is 0 Å². The van der Waals surface area contributed by atoms with Crippen molar-refractivity contribution in [3.8, 4) is 0 Å². The van der Waals surface area contributed by atoms with Gasteiger partial charge in [0.05, 0.1) is 4.90 Å². The zero-order valence-electron chi connectivity index (χ0n) is 12.7. The Kier molecular flexibility index (Phi) is 4.12. The van der Waals surface area contributed by atoms with Crippen molar-refractivity contribution >= 4 is 15.7 Å². The second kappa shape index (κ2) is 5.37. The maximum Gasteiger partial charge on any atom is 0.243 e. The lowest BCUT2D eigenvalue weighted by molar-refractivity contribution is 0.288. The summed E-state index contributed by atoms with van der Waals surface area (Å²) in [5.41, 5.74) is 9.00. The van der Waals surface area contributed by atoms with E-state index in [1.54, 1.807) is 11.2 Å². The van der Waals surface area contributed by atoms with Gasteiger partial charge in [-0.3, -0.25) is 0 Å². The van der Waals surface area contributed by atoms with Crippen molar-refractivity contribution in [1.82, 2.24) is 4.31 Å². The van der Waals surface area contributed by atoms with Crippen molar-refractivity contribution in [2.45, 2.75) is 45.4 Å². The molecule has 0 bridgehead atoms. The van der Waals surface area contributed by atoms with Gasteiger partial charge in [0.2, 0.25) is 10.0 Å². The SMILES string of the molecule is Cc1cc(C)c(S(=O)(=O)N2CCC(C)CC2)c(C)c1N. The van der Waals surface area contributed by atoms with Gasteiger partial charge in [0, 0.05) is 18.8 Å². The van der Waals surface area contributed by atoms with Crippen LogP contribution in [0.2, 0.25) is 0 Å². The minimum atomic E-state index is -3.43. The fourth-order valence-corrected chi connectivity index (χ4v) is 4.85. The van der Waals surface area contributed by atoms with Crippen LogP contribution in [0.1, 0.15) is 36.5 Å². The number of piperidine rings is 1. The summed E-state index contributed by atoms with van der Waals surface area (Å²) in [5.74, 6) is 0.603. The summed E-state index contributed by atoms with van der Waals surface area (Å²) < 4.78 is 27.3. The van der Waals surface area contributed by atoms with Gasteiger partial charge in [0.15, 0.2) is 0 Å². The van der Waals surface area contributed by atoms with Crippen LogP contribution in [-0.2, 0) is 10.0 Å². The van der Waals surface area contributed by atoms with Gasteiger partial charge in [-0.05, 0) is 56.2 Å².